The second kappa shape index (κ2) is 11.7. The molecule has 0 aromatic heterocycles. The van der Waals surface area contributed by atoms with E-state index >= 15 is 0 Å². The van der Waals surface area contributed by atoms with E-state index in [-0.39, 0.29) is 54.8 Å². The second-order valence-corrected chi connectivity index (χ2v) is 10.5. The lowest BCUT2D eigenvalue weighted by atomic mass is 9.80. The summed E-state index contributed by atoms with van der Waals surface area (Å²) in [6.45, 7) is 7.04. The van der Waals surface area contributed by atoms with Crippen LogP contribution in [0, 0.1) is 11.3 Å². The Morgan fingerprint density at radius 3 is 1.71 bits per heavy atom. The van der Waals surface area contributed by atoms with Gasteiger partial charge in [0.2, 0.25) is 0 Å². The molecule has 2 aromatic rings. The van der Waals surface area contributed by atoms with E-state index in [2.05, 4.69) is 17.0 Å². The molecule has 0 bridgehead atoms. The molecule has 0 radical (unpaired) electrons. The first-order valence-corrected chi connectivity index (χ1v) is 13.2. The Kier molecular flexibility index (Phi) is 9.24. The highest BCUT2D eigenvalue weighted by Crippen LogP contribution is 2.63. The Morgan fingerprint density at radius 1 is 0.842 bits per heavy atom. The minimum absolute atomic E-state index is 0.0340. The van der Waals surface area contributed by atoms with E-state index in [9.17, 15) is 26.3 Å². The number of rotatable bonds is 10. The molecule has 2 fully saturated rings. The van der Waals surface area contributed by atoms with E-state index in [4.69, 9.17) is 5.26 Å². The van der Waals surface area contributed by atoms with Crippen LogP contribution in [0.5, 0.6) is 0 Å². The fourth-order valence-electron chi connectivity index (χ4n) is 5.56. The summed E-state index contributed by atoms with van der Waals surface area (Å²) in [5.74, 6) is 0. The fraction of sp³-hybridized carbons (Fsp3) is 0.567. The van der Waals surface area contributed by atoms with Crippen LogP contribution in [0.3, 0.4) is 0 Å². The number of nitriles is 1. The van der Waals surface area contributed by atoms with Crippen LogP contribution in [-0.4, -0.2) is 36.4 Å². The summed E-state index contributed by atoms with van der Waals surface area (Å²) in [6.07, 6.45) is -7.59. The minimum atomic E-state index is -4.47. The van der Waals surface area contributed by atoms with Gasteiger partial charge in [-0.1, -0.05) is 55.5 Å². The Labute approximate surface area is 221 Å². The van der Waals surface area contributed by atoms with Gasteiger partial charge in [-0.25, -0.2) is 0 Å². The molecule has 1 unspecified atom stereocenters. The standard InChI is InChI=1S/C28H33F6N.C2H3N/c1-3-35(19-14-21-8-5-4-6-9-21)20(2)12-13-22-23(25(15-16-25)27(29,30)31)10-7-11-24(22)26(17-18-26)28(32,33)34;1-2-3/h4-11,20H,3,12-19H2,1-2H3;1H3. The maximum atomic E-state index is 14.1. The molecule has 0 aliphatic heterocycles. The average molecular weight is 539 g/mol. The highest BCUT2D eigenvalue weighted by atomic mass is 19.4. The Morgan fingerprint density at radius 2 is 1.32 bits per heavy atom. The monoisotopic (exact) mass is 538 g/mol. The molecule has 2 aliphatic carbocycles. The third-order valence-corrected chi connectivity index (χ3v) is 8.16. The first-order chi connectivity index (χ1) is 17.9. The van der Waals surface area contributed by atoms with Crippen LogP contribution in [0.4, 0.5) is 26.3 Å². The molecule has 38 heavy (non-hydrogen) atoms. The van der Waals surface area contributed by atoms with Crippen molar-refractivity contribution in [2.45, 2.75) is 94.9 Å². The third kappa shape index (κ3) is 6.20. The number of likely N-dealkylation sites (N-methyl/N-ethyl adjacent to an activating group) is 1. The van der Waals surface area contributed by atoms with Gasteiger partial charge in [0.1, 0.15) is 0 Å². The molecule has 208 valence electrons. The molecule has 8 heteroatoms. The summed E-state index contributed by atoms with van der Waals surface area (Å²) in [5.41, 5.74) is -2.38. The topological polar surface area (TPSA) is 27.0 Å². The van der Waals surface area contributed by atoms with Crippen molar-refractivity contribution in [1.29, 1.82) is 5.26 Å². The number of alkyl halides is 6. The zero-order valence-electron chi connectivity index (χ0n) is 22.2. The maximum Gasteiger partial charge on any atom is 0.398 e. The van der Waals surface area contributed by atoms with E-state index in [1.807, 2.05) is 32.0 Å². The van der Waals surface area contributed by atoms with Gasteiger partial charge in [0, 0.05) is 19.5 Å². The lowest BCUT2D eigenvalue weighted by molar-refractivity contribution is -0.161. The van der Waals surface area contributed by atoms with Gasteiger partial charge < -0.3 is 4.90 Å². The molecule has 0 N–H and O–H groups in total. The number of halogens is 6. The summed E-state index contributed by atoms with van der Waals surface area (Å²) in [4.78, 5) is 2.25. The van der Waals surface area contributed by atoms with Crippen molar-refractivity contribution in [2.75, 3.05) is 13.1 Å². The van der Waals surface area contributed by atoms with Gasteiger partial charge >= 0.3 is 12.4 Å². The van der Waals surface area contributed by atoms with Gasteiger partial charge in [-0.05, 0) is 80.7 Å². The van der Waals surface area contributed by atoms with Gasteiger partial charge in [0.25, 0.3) is 0 Å². The second-order valence-electron chi connectivity index (χ2n) is 10.5. The predicted octanol–water partition coefficient (Wildman–Crippen LogP) is 8.29. The van der Waals surface area contributed by atoms with Crippen LogP contribution >= 0.6 is 0 Å². The van der Waals surface area contributed by atoms with Gasteiger partial charge in [0.05, 0.1) is 16.9 Å². The smallest absolute Gasteiger partial charge is 0.301 e. The van der Waals surface area contributed by atoms with Gasteiger partial charge in [-0.3, -0.25) is 0 Å². The molecule has 0 amide bonds. The number of hydrogen-bond acceptors (Lipinski definition) is 2. The molecule has 2 nitrogen and oxygen atoms in total. The predicted molar refractivity (Wildman–Crippen MR) is 137 cm³/mol. The Hall–Kier alpha value is -2.53. The van der Waals surface area contributed by atoms with Crippen molar-refractivity contribution in [3.8, 4) is 6.07 Å². The molecule has 2 aliphatic rings. The zero-order chi connectivity index (χ0) is 28.2. The summed E-state index contributed by atoms with van der Waals surface area (Å²) in [6, 6.07) is 16.1. The molecule has 0 heterocycles. The van der Waals surface area contributed by atoms with Gasteiger partial charge in [0.15, 0.2) is 0 Å². The van der Waals surface area contributed by atoms with Crippen molar-refractivity contribution < 1.29 is 26.3 Å². The molecule has 1 atom stereocenters. The average Bonchev–Trinajstić information content (AvgIpc) is 3.77. The van der Waals surface area contributed by atoms with Crippen molar-refractivity contribution in [3.05, 3.63) is 70.8 Å². The lowest BCUT2D eigenvalue weighted by Crippen LogP contribution is -2.36. The summed E-state index contributed by atoms with van der Waals surface area (Å²) >= 11 is 0. The quantitative estimate of drug-likeness (QED) is 0.285. The molecule has 0 saturated heterocycles. The van der Waals surface area contributed by atoms with E-state index in [1.165, 1.54) is 30.7 Å². The van der Waals surface area contributed by atoms with Gasteiger partial charge in [-0.2, -0.15) is 31.6 Å². The molecule has 4 rings (SSSR count). The SMILES string of the molecule is CC#N.CCN(CCc1ccccc1)C(C)CCc1c(C2(C(F)(F)F)CC2)cccc1C1(C(F)(F)F)CC1. The lowest BCUT2D eigenvalue weighted by Gasteiger charge is -2.31. The highest BCUT2D eigenvalue weighted by molar-refractivity contribution is 5.50. The largest absolute Gasteiger partial charge is 0.398 e. The van der Waals surface area contributed by atoms with Crippen LogP contribution in [0.25, 0.3) is 0 Å². The highest BCUT2D eigenvalue weighted by Gasteiger charge is 2.67. The van der Waals surface area contributed by atoms with Crippen LogP contribution in [0.15, 0.2) is 48.5 Å². The van der Waals surface area contributed by atoms with E-state index in [0.29, 0.717) is 6.42 Å². The Balaban J connectivity index is 0.00000127. The van der Waals surface area contributed by atoms with Crippen LogP contribution in [0.1, 0.15) is 75.1 Å². The number of hydrogen-bond donors (Lipinski definition) is 0. The van der Waals surface area contributed by atoms with Crippen LogP contribution in [0.2, 0.25) is 0 Å². The number of benzene rings is 2. The molecule has 2 saturated carbocycles. The van der Waals surface area contributed by atoms with Gasteiger partial charge in [-0.15, -0.1) is 0 Å². The molecular formula is C30H36F6N2. The minimum Gasteiger partial charge on any atom is -0.301 e. The van der Waals surface area contributed by atoms with Crippen molar-refractivity contribution >= 4 is 0 Å². The first kappa shape index (κ1) is 30.0. The van der Waals surface area contributed by atoms with Crippen molar-refractivity contribution in [2.24, 2.45) is 0 Å². The Bertz CT molecular complexity index is 1040. The summed E-state index contributed by atoms with van der Waals surface area (Å²) in [7, 11) is 0. The van der Waals surface area contributed by atoms with Crippen molar-refractivity contribution in [1.82, 2.24) is 4.90 Å². The van der Waals surface area contributed by atoms with E-state index < -0.39 is 23.2 Å². The summed E-state index contributed by atoms with van der Waals surface area (Å²) in [5, 5.41) is 7.32. The zero-order valence-corrected chi connectivity index (χ0v) is 22.2. The van der Waals surface area contributed by atoms with E-state index in [1.54, 1.807) is 6.07 Å². The normalized spacial score (nSPS) is 18.2. The molecular weight excluding hydrogens is 502 g/mol. The maximum absolute atomic E-state index is 14.1. The van der Waals surface area contributed by atoms with Crippen molar-refractivity contribution in [3.63, 3.8) is 0 Å². The van der Waals surface area contributed by atoms with Crippen LogP contribution in [-0.2, 0) is 23.7 Å². The molecule has 0 spiro atoms. The van der Waals surface area contributed by atoms with E-state index in [0.717, 1.165) is 19.5 Å². The summed E-state index contributed by atoms with van der Waals surface area (Å²) < 4.78 is 84.3. The third-order valence-electron chi connectivity index (χ3n) is 8.16. The van der Waals surface area contributed by atoms with Crippen LogP contribution < -0.4 is 0 Å². The number of nitrogens with zero attached hydrogens (tertiary/aromatic N) is 2. The fourth-order valence-corrected chi connectivity index (χ4v) is 5.56. The molecule has 2 aromatic carbocycles. The first-order valence-electron chi connectivity index (χ1n) is 13.2.